The van der Waals surface area contributed by atoms with Crippen LogP contribution in [-0.2, 0) is 15.0 Å². The summed E-state index contributed by atoms with van der Waals surface area (Å²) in [7, 11) is -4.39. The van der Waals surface area contributed by atoms with Gasteiger partial charge >= 0.3 is 10.3 Å². The molecule has 1 aliphatic heterocycles. The van der Waals surface area contributed by atoms with Gasteiger partial charge in [-0.1, -0.05) is 13.8 Å². The lowest BCUT2D eigenvalue weighted by atomic mass is 10.0. The molecule has 138 valence electrons. The molecule has 1 aliphatic rings. The lowest BCUT2D eigenvalue weighted by molar-refractivity contribution is 0.00878. The average molecular weight is 368 g/mol. The van der Waals surface area contributed by atoms with E-state index in [1.807, 2.05) is 0 Å². The standard InChI is InChI=1S/C17H24N2O5S/c1-13(2)16(18-6-9-23-10-7-18)12-19(25(20,21)22)15-3-4-17-14(11-15)5-8-24-17/h3-5,8,11,13,16H,6-7,9-10,12H2,1-2H3,(H,20,21,22). The first-order valence-electron chi connectivity index (χ1n) is 8.40. The van der Waals surface area contributed by atoms with E-state index >= 15 is 0 Å². The Bertz CT molecular complexity index is 811. The van der Waals surface area contributed by atoms with Crippen LogP contribution in [0.15, 0.2) is 34.9 Å². The van der Waals surface area contributed by atoms with Crippen molar-refractivity contribution in [2.45, 2.75) is 19.9 Å². The SMILES string of the molecule is CC(C)C(CN(c1ccc2occc2c1)S(=O)(=O)O)N1CCOCC1. The Kier molecular flexibility index (Phi) is 5.33. The molecule has 1 fully saturated rings. The van der Waals surface area contributed by atoms with Crippen molar-refractivity contribution in [2.24, 2.45) is 5.92 Å². The van der Waals surface area contributed by atoms with Gasteiger partial charge in [0.2, 0.25) is 0 Å². The zero-order valence-electron chi connectivity index (χ0n) is 14.5. The Hall–Kier alpha value is -1.61. The molecular formula is C17H24N2O5S. The molecule has 0 saturated carbocycles. The van der Waals surface area contributed by atoms with Crippen molar-refractivity contribution in [3.63, 3.8) is 0 Å². The highest BCUT2D eigenvalue weighted by Crippen LogP contribution is 2.26. The predicted octanol–water partition coefficient (Wildman–Crippen LogP) is 2.40. The third kappa shape index (κ3) is 4.14. The first kappa shape index (κ1) is 18.2. The van der Waals surface area contributed by atoms with E-state index in [4.69, 9.17) is 9.15 Å². The molecule has 1 aromatic carbocycles. The maximum Gasteiger partial charge on any atom is 0.360 e. The van der Waals surface area contributed by atoms with E-state index in [0.29, 0.717) is 24.5 Å². The lowest BCUT2D eigenvalue weighted by Gasteiger charge is -2.39. The van der Waals surface area contributed by atoms with Gasteiger partial charge in [-0.2, -0.15) is 8.42 Å². The molecular weight excluding hydrogens is 344 g/mol. The molecule has 0 aliphatic carbocycles. The summed E-state index contributed by atoms with van der Waals surface area (Å²) in [6.07, 6.45) is 1.55. The zero-order valence-corrected chi connectivity index (χ0v) is 15.3. The van der Waals surface area contributed by atoms with Gasteiger partial charge in [0.15, 0.2) is 0 Å². The maximum atomic E-state index is 12.1. The lowest BCUT2D eigenvalue weighted by Crippen LogP contribution is -2.52. The summed E-state index contributed by atoms with van der Waals surface area (Å²) in [5.41, 5.74) is 1.10. The molecule has 2 aromatic rings. The van der Waals surface area contributed by atoms with Gasteiger partial charge in [-0.15, -0.1) is 0 Å². The van der Waals surface area contributed by atoms with Crippen molar-refractivity contribution in [3.05, 3.63) is 30.5 Å². The Balaban J connectivity index is 1.91. The maximum absolute atomic E-state index is 12.1. The summed E-state index contributed by atoms with van der Waals surface area (Å²) in [6, 6.07) is 6.82. The van der Waals surface area contributed by atoms with E-state index in [0.717, 1.165) is 22.8 Å². The fraction of sp³-hybridized carbons (Fsp3) is 0.529. The van der Waals surface area contributed by atoms with Crippen LogP contribution in [0.25, 0.3) is 11.0 Å². The molecule has 2 heterocycles. The predicted molar refractivity (Wildman–Crippen MR) is 96.1 cm³/mol. The van der Waals surface area contributed by atoms with Gasteiger partial charge in [0, 0.05) is 24.5 Å². The fourth-order valence-electron chi connectivity index (χ4n) is 3.27. The van der Waals surface area contributed by atoms with Crippen LogP contribution in [0, 0.1) is 5.92 Å². The second-order valence-electron chi connectivity index (χ2n) is 6.61. The van der Waals surface area contributed by atoms with Gasteiger partial charge < -0.3 is 9.15 Å². The van der Waals surface area contributed by atoms with Gasteiger partial charge in [0.25, 0.3) is 0 Å². The molecule has 0 amide bonds. The minimum Gasteiger partial charge on any atom is -0.464 e. The topological polar surface area (TPSA) is 83.2 Å². The van der Waals surface area contributed by atoms with Gasteiger partial charge in [-0.25, -0.2) is 4.31 Å². The summed E-state index contributed by atoms with van der Waals surface area (Å²) in [5, 5.41) is 0.790. The van der Waals surface area contributed by atoms with Crippen LogP contribution in [0.3, 0.4) is 0 Å². The van der Waals surface area contributed by atoms with Crippen LogP contribution >= 0.6 is 0 Å². The Morgan fingerprint density at radius 3 is 2.60 bits per heavy atom. The minimum absolute atomic E-state index is 0.0223. The summed E-state index contributed by atoms with van der Waals surface area (Å²) >= 11 is 0. The first-order valence-corrected chi connectivity index (χ1v) is 9.80. The Morgan fingerprint density at radius 1 is 1.24 bits per heavy atom. The van der Waals surface area contributed by atoms with Crippen LogP contribution in [0.4, 0.5) is 5.69 Å². The number of ether oxygens (including phenoxy) is 1. The normalized spacial score (nSPS) is 17.9. The van der Waals surface area contributed by atoms with Crippen molar-refractivity contribution in [1.82, 2.24) is 4.90 Å². The number of hydrogen-bond acceptors (Lipinski definition) is 5. The molecule has 0 bridgehead atoms. The van der Waals surface area contributed by atoms with Crippen LogP contribution < -0.4 is 4.31 Å². The van der Waals surface area contributed by atoms with E-state index in [1.165, 1.54) is 0 Å². The van der Waals surface area contributed by atoms with Crippen molar-refractivity contribution >= 4 is 27.0 Å². The van der Waals surface area contributed by atoms with Crippen molar-refractivity contribution < 1.29 is 22.1 Å². The molecule has 7 nitrogen and oxygen atoms in total. The molecule has 1 saturated heterocycles. The molecule has 0 radical (unpaired) electrons. The second-order valence-corrected chi connectivity index (χ2v) is 7.95. The largest absolute Gasteiger partial charge is 0.464 e. The number of hydrogen-bond donors (Lipinski definition) is 1. The number of fused-ring (bicyclic) bond motifs is 1. The van der Waals surface area contributed by atoms with Crippen LogP contribution in [0.5, 0.6) is 0 Å². The second kappa shape index (κ2) is 7.33. The summed E-state index contributed by atoms with van der Waals surface area (Å²) in [4.78, 5) is 2.22. The number of morpholine rings is 1. The summed E-state index contributed by atoms with van der Waals surface area (Å²) in [5.74, 6) is 0.222. The Labute approximate surface area is 148 Å². The highest BCUT2D eigenvalue weighted by molar-refractivity contribution is 7.87. The molecule has 1 atom stereocenters. The van der Waals surface area contributed by atoms with Crippen molar-refractivity contribution in [3.8, 4) is 0 Å². The average Bonchev–Trinajstić information content (AvgIpc) is 3.02. The number of rotatable bonds is 6. The highest BCUT2D eigenvalue weighted by Gasteiger charge is 2.30. The minimum atomic E-state index is -4.39. The van der Waals surface area contributed by atoms with Crippen molar-refractivity contribution in [2.75, 3.05) is 37.2 Å². The van der Waals surface area contributed by atoms with Crippen LogP contribution in [0.1, 0.15) is 13.8 Å². The van der Waals surface area contributed by atoms with E-state index in [1.54, 1.807) is 30.5 Å². The van der Waals surface area contributed by atoms with Gasteiger partial charge in [0.05, 0.1) is 31.7 Å². The molecule has 8 heteroatoms. The smallest absolute Gasteiger partial charge is 0.360 e. The molecule has 1 N–H and O–H groups in total. The zero-order chi connectivity index (χ0) is 18.0. The van der Waals surface area contributed by atoms with Crippen LogP contribution in [-0.4, -0.2) is 56.8 Å². The number of nitrogens with zero attached hydrogens (tertiary/aromatic N) is 2. The van der Waals surface area contributed by atoms with E-state index in [9.17, 15) is 13.0 Å². The summed E-state index contributed by atoms with van der Waals surface area (Å²) < 4.78 is 45.7. The Morgan fingerprint density at radius 2 is 1.96 bits per heavy atom. The van der Waals surface area contributed by atoms with Gasteiger partial charge in [0.1, 0.15) is 5.58 Å². The number of benzene rings is 1. The van der Waals surface area contributed by atoms with E-state index in [-0.39, 0.29) is 18.5 Å². The molecule has 25 heavy (non-hydrogen) atoms. The summed E-state index contributed by atoms with van der Waals surface area (Å²) in [6.45, 7) is 7.07. The molecule has 1 unspecified atom stereocenters. The van der Waals surface area contributed by atoms with E-state index in [2.05, 4.69) is 18.7 Å². The third-order valence-corrected chi connectivity index (χ3v) is 5.56. The number of furan rings is 1. The molecule has 0 spiro atoms. The van der Waals surface area contributed by atoms with Crippen LogP contribution in [0.2, 0.25) is 0 Å². The van der Waals surface area contributed by atoms with Gasteiger partial charge in [-0.05, 0) is 30.2 Å². The third-order valence-electron chi connectivity index (χ3n) is 4.64. The fourth-order valence-corrected chi connectivity index (χ4v) is 3.99. The first-order chi connectivity index (χ1) is 11.9. The monoisotopic (exact) mass is 368 g/mol. The van der Waals surface area contributed by atoms with Crippen molar-refractivity contribution in [1.29, 1.82) is 0 Å². The number of anilines is 1. The van der Waals surface area contributed by atoms with E-state index < -0.39 is 10.3 Å². The molecule has 3 rings (SSSR count). The van der Waals surface area contributed by atoms with Gasteiger partial charge in [-0.3, -0.25) is 9.45 Å². The highest BCUT2D eigenvalue weighted by atomic mass is 32.2. The molecule has 1 aromatic heterocycles. The quantitative estimate of drug-likeness (QED) is 0.789.